The maximum absolute atomic E-state index is 10.9. The van der Waals surface area contributed by atoms with E-state index in [9.17, 15) is 4.79 Å². The minimum Gasteiger partial charge on any atom is -1.00 e. The van der Waals surface area contributed by atoms with Gasteiger partial charge in [-0.05, 0) is 6.92 Å². The number of hydrogen-bond acceptors (Lipinski definition) is 3. The third kappa shape index (κ3) is 20.7. The number of hydrogen-bond donors (Lipinski definition) is 0. The first-order chi connectivity index (χ1) is 7.24. The van der Waals surface area contributed by atoms with Crippen molar-refractivity contribution in [3.8, 4) is 6.07 Å². The molecular formula is C12H21ClN2O2. The van der Waals surface area contributed by atoms with E-state index >= 15 is 0 Å². The van der Waals surface area contributed by atoms with Gasteiger partial charge in [0.15, 0.2) is 0 Å². The molecule has 0 aromatic rings. The van der Waals surface area contributed by atoms with Crippen LogP contribution < -0.4 is 12.4 Å². The average Bonchev–Trinajstić information content (AvgIpc) is 2.16. The van der Waals surface area contributed by atoms with Gasteiger partial charge in [-0.2, -0.15) is 5.26 Å². The van der Waals surface area contributed by atoms with Crippen molar-refractivity contribution in [2.75, 3.05) is 34.3 Å². The summed E-state index contributed by atoms with van der Waals surface area (Å²) in [5, 5.41) is 7.51. The number of ether oxygens (including phenoxy) is 1. The van der Waals surface area contributed by atoms with Gasteiger partial charge in [0.1, 0.15) is 13.2 Å². The summed E-state index contributed by atoms with van der Waals surface area (Å²) in [6.45, 7) is 9.53. The third-order valence-electron chi connectivity index (χ3n) is 1.44. The molecule has 0 bridgehead atoms. The van der Waals surface area contributed by atoms with Crippen LogP contribution in [0.4, 0.5) is 0 Å². The fourth-order valence-corrected chi connectivity index (χ4v) is 0.535. The van der Waals surface area contributed by atoms with Crippen LogP contribution in [0.25, 0.3) is 0 Å². The number of carbonyl (C=O) groups excluding carboxylic acids is 1. The Morgan fingerprint density at radius 2 is 1.88 bits per heavy atom. The Morgan fingerprint density at radius 3 is 2.12 bits per heavy atom. The lowest BCUT2D eigenvalue weighted by Crippen LogP contribution is -3.00. The van der Waals surface area contributed by atoms with E-state index in [2.05, 4.69) is 34.3 Å². The molecule has 0 aliphatic carbocycles. The molecule has 0 aromatic carbocycles. The summed E-state index contributed by atoms with van der Waals surface area (Å²) in [5.74, 6) is -0.302. The number of likely N-dealkylation sites (N-methyl/N-ethyl adjacent to an activating group) is 1. The Morgan fingerprint density at radius 1 is 1.47 bits per heavy atom. The second-order valence-corrected chi connectivity index (χ2v) is 4.26. The number of halogens is 1. The molecule has 0 saturated carbocycles. The average molecular weight is 261 g/mol. The maximum atomic E-state index is 10.9. The molecule has 98 valence electrons. The van der Waals surface area contributed by atoms with E-state index in [4.69, 9.17) is 10.00 Å². The summed E-state index contributed by atoms with van der Waals surface area (Å²) < 4.78 is 5.72. The van der Waals surface area contributed by atoms with Crippen LogP contribution >= 0.6 is 0 Å². The van der Waals surface area contributed by atoms with Crippen molar-refractivity contribution in [1.82, 2.24) is 0 Å². The molecule has 0 amide bonds. The van der Waals surface area contributed by atoms with Gasteiger partial charge >= 0.3 is 5.97 Å². The summed E-state index contributed by atoms with van der Waals surface area (Å²) in [5.41, 5.74) is 0.455. The number of rotatable bonds is 4. The largest absolute Gasteiger partial charge is 1.00 e. The van der Waals surface area contributed by atoms with E-state index in [-0.39, 0.29) is 18.4 Å². The van der Waals surface area contributed by atoms with Crippen LogP contribution in [0.3, 0.4) is 0 Å². The van der Waals surface area contributed by atoms with E-state index in [0.717, 1.165) is 11.0 Å². The number of allylic oxidation sites excluding steroid dienone is 1. The Hall–Kier alpha value is -1.31. The lowest BCUT2D eigenvalue weighted by atomic mass is 10.4. The van der Waals surface area contributed by atoms with E-state index in [1.165, 1.54) is 6.08 Å². The highest BCUT2D eigenvalue weighted by Crippen LogP contribution is 1.94. The Kier molecular flexibility index (Phi) is 13.8. The van der Waals surface area contributed by atoms with Gasteiger partial charge in [0.25, 0.3) is 0 Å². The van der Waals surface area contributed by atoms with Gasteiger partial charge in [0.05, 0.1) is 27.2 Å². The van der Waals surface area contributed by atoms with Crippen molar-refractivity contribution in [1.29, 1.82) is 5.26 Å². The van der Waals surface area contributed by atoms with E-state index in [1.54, 1.807) is 13.0 Å². The zero-order valence-electron chi connectivity index (χ0n) is 11.0. The molecule has 0 spiro atoms. The van der Waals surface area contributed by atoms with Crippen LogP contribution in [0.15, 0.2) is 24.8 Å². The molecule has 0 N–H and O–H groups in total. The number of quaternary nitrogens is 1. The predicted octanol–water partition coefficient (Wildman–Crippen LogP) is -1.49. The summed E-state index contributed by atoms with van der Waals surface area (Å²) in [4.78, 5) is 10.9. The van der Waals surface area contributed by atoms with Crippen molar-refractivity contribution >= 4 is 5.97 Å². The first-order valence-corrected chi connectivity index (χ1v) is 4.88. The minimum atomic E-state index is -0.302. The normalized spacial score (nSPS) is 8.65. The molecule has 0 heterocycles. The van der Waals surface area contributed by atoms with Crippen LogP contribution in [0.1, 0.15) is 6.92 Å². The molecule has 17 heavy (non-hydrogen) atoms. The Labute approximate surface area is 110 Å². The maximum Gasteiger partial charge on any atom is 0.333 e. The molecule has 0 aliphatic heterocycles. The van der Waals surface area contributed by atoms with Gasteiger partial charge in [-0.3, -0.25) is 0 Å². The molecule has 0 aromatic heterocycles. The van der Waals surface area contributed by atoms with E-state index in [0.29, 0.717) is 12.2 Å². The van der Waals surface area contributed by atoms with Crippen LogP contribution in [0.5, 0.6) is 0 Å². The van der Waals surface area contributed by atoms with Crippen molar-refractivity contribution in [3.05, 3.63) is 24.8 Å². The smallest absolute Gasteiger partial charge is 0.333 e. The van der Waals surface area contributed by atoms with Crippen LogP contribution in [-0.4, -0.2) is 44.7 Å². The second kappa shape index (κ2) is 11.2. The fraction of sp³-hybridized carbons (Fsp3) is 0.500. The minimum absolute atomic E-state index is 0. The Bertz CT molecular complexity index is 288. The quantitative estimate of drug-likeness (QED) is 0.268. The van der Waals surface area contributed by atoms with Crippen molar-refractivity contribution in [2.24, 2.45) is 0 Å². The van der Waals surface area contributed by atoms with E-state index < -0.39 is 0 Å². The molecule has 0 unspecified atom stereocenters. The first-order valence-electron chi connectivity index (χ1n) is 4.88. The molecule has 4 nitrogen and oxygen atoms in total. The lowest BCUT2D eigenvalue weighted by molar-refractivity contribution is -0.870. The number of esters is 1. The SMILES string of the molecule is C=C(C)C(=O)OCC[N+](C)(C)C.C=CC#N.[Cl-]. The molecule has 5 heteroatoms. The van der Waals surface area contributed by atoms with Crippen molar-refractivity contribution in [3.63, 3.8) is 0 Å². The zero-order valence-corrected chi connectivity index (χ0v) is 11.8. The van der Waals surface area contributed by atoms with Gasteiger partial charge in [0, 0.05) is 11.6 Å². The van der Waals surface area contributed by atoms with Crippen molar-refractivity contribution in [2.45, 2.75) is 6.92 Å². The van der Waals surface area contributed by atoms with Crippen LogP contribution in [0.2, 0.25) is 0 Å². The molecule has 0 fully saturated rings. The van der Waals surface area contributed by atoms with Gasteiger partial charge in [-0.15, -0.1) is 0 Å². The van der Waals surface area contributed by atoms with Crippen LogP contribution in [0, 0.1) is 11.3 Å². The zero-order chi connectivity index (χ0) is 13.2. The van der Waals surface area contributed by atoms with E-state index in [1.807, 2.05) is 0 Å². The molecule has 0 atom stereocenters. The number of carbonyl (C=O) groups is 1. The molecule has 0 aliphatic rings. The standard InChI is InChI=1S/C9H18NO2.C3H3N.ClH/c1-8(2)9(11)12-7-6-10(3,4)5;1-2-3-4;/h1,6-7H2,2-5H3;2H,1H2;1H/q+1;;/p-1. The van der Waals surface area contributed by atoms with Gasteiger partial charge < -0.3 is 21.6 Å². The number of nitrogens with zero attached hydrogens (tertiary/aromatic N) is 2. The lowest BCUT2D eigenvalue weighted by Gasteiger charge is -2.23. The molecule has 0 rings (SSSR count). The van der Waals surface area contributed by atoms with Gasteiger partial charge in [0.2, 0.25) is 0 Å². The summed E-state index contributed by atoms with van der Waals surface area (Å²) in [7, 11) is 6.15. The second-order valence-electron chi connectivity index (χ2n) is 4.26. The molecular weight excluding hydrogens is 240 g/mol. The van der Waals surface area contributed by atoms with Crippen molar-refractivity contribution < 1.29 is 26.4 Å². The monoisotopic (exact) mass is 260 g/mol. The highest BCUT2D eigenvalue weighted by Gasteiger charge is 2.09. The third-order valence-corrected chi connectivity index (χ3v) is 1.44. The summed E-state index contributed by atoms with van der Waals surface area (Å²) in [6.07, 6.45) is 1.18. The van der Waals surface area contributed by atoms with Gasteiger partial charge in [-0.25, -0.2) is 4.79 Å². The van der Waals surface area contributed by atoms with Crippen LogP contribution in [-0.2, 0) is 9.53 Å². The Balaban J connectivity index is -0.000000340. The highest BCUT2D eigenvalue weighted by molar-refractivity contribution is 5.86. The number of nitriles is 1. The summed E-state index contributed by atoms with van der Waals surface area (Å²) >= 11 is 0. The summed E-state index contributed by atoms with van der Waals surface area (Å²) in [6, 6.07) is 1.69. The molecule has 0 saturated heterocycles. The first kappa shape index (κ1) is 21.0. The topological polar surface area (TPSA) is 50.1 Å². The predicted molar refractivity (Wildman–Crippen MR) is 64.5 cm³/mol. The fourth-order valence-electron chi connectivity index (χ4n) is 0.535. The highest BCUT2D eigenvalue weighted by atomic mass is 35.5. The van der Waals surface area contributed by atoms with Gasteiger partial charge in [-0.1, -0.05) is 13.2 Å². The molecule has 0 radical (unpaired) electrons.